The molecule has 5 heteroatoms. The molecule has 1 rings (SSSR count). The Morgan fingerprint density at radius 1 is 1.11 bits per heavy atom. The first-order chi connectivity index (χ1) is 8.45. The van der Waals surface area contributed by atoms with Crippen molar-refractivity contribution in [3.05, 3.63) is 23.2 Å². The lowest BCUT2D eigenvalue weighted by atomic mass is 10.3. The van der Waals surface area contributed by atoms with Crippen molar-refractivity contribution >= 4 is 26.8 Å². The van der Waals surface area contributed by atoms with Gasteiger partial charge in [-0.1, -0.05) is 51.1 Å². The summed E-state index contributed by atoms with van der Waals surface area (Å²) in [5.74, 6) is 1.86. The topological polar surface area (TPSA) is 46.0 Å². The Bertz CT molecular complexity index is 296. The second-order valence-corrected chi connectivity index (χ2v) is 6.94. The fourth-order valence-corrected chi connectivity index (χ4v) is 2.81. The molecular weight excluding hydrogens is 263 g/mol. The molecule has 0 saturated heterocycles. The summed E-state index contributed by atoms with van der Waals surface area (Å²) in [5.41, 5.74) is 0.527. The summed E-state index contributed by atoms with van der Waals surface area (Å²) in [6.07, 6.45) is 2.83. The van der Waals surface area contributed by atoms with Crippen LogP contribution in [-0.4, -0.2) is 30.3 Å². The molecule has 101 valence electrons. The minimum absolute atomic E-state index is 0.0931. The molecule has 1 heterocycles. The van der Waals surface area contributed by atoms with Crippen LogP contribution < -0.4 is 0 Å². The molecule has 0 atom stereocenters. The van der Waals surface area contributed by atoms with Gasteiger partial charge in [0, 0.05) is 0 Å². The van der Waals surface area contributed by atoms with Gasteiger partial charge in [-0.3, -0.25) is 4.98 Å². The highest BCUT2D eigenvalue weighted by atomic mass is 35.5. The predicted octanol–water partition coefficient (Wildman–Crippen LogP) is 3.46. The van der Waals surface area contributed by atoms with Crippen molar-refractivity contribution in [2.45, 2.75) is 44.9 Å². The average molecular weight is 286 g/mol. The van der Waals surface area contributed by atoms with E-state index in [2.05, 4.69) is 37.7 Å². The van der Waals surface area contributed by atoms with Gasteiger partial charge >= 0.3 is 0 Å². The van der Waals surface area contributed by atoms with E-state index in [1.165, 1.54) is 23.0 Å². The third-order valence-corrected chi connectivity index (χ3v) is 4.86. The summed E-state index contributed by atoms with van der Waals surface area (Å²) < 4.78 is 0. The summed E-state index contributed by atoms with van der Waals surface area (Å²) in [7, 11) is 0. The maximum Gasteiger partial charge on any atom is 0.200 e. The van der Waals surface area contributed by atoms with Crippen LogP contribution in [0.4, 0.5) is 0 Å². The van der Waals surface area contributed by atoms with E-state index in [-0.39, 0.29) is 6.61 Å². The van der Waals surface area contributed by atoms with Crippen LogP contribution in [0.1, 0.15) is 33.4 Å². The quantitative estimate of drug-likeness (QED) is 0.843. The molecule has 18 heavy (non-hydrogen) atoms. The van der Waals surface area contributed by atoms with E-state index in [1.807, 2.05) is 0 Å². The molecular formula is C13H23AlClN2O. The molecule has 0 amide bonds. The maximum absolute atomic E-state index is 8.48. The van der Waals surface area contributed by atoms with E-state index in [0.717, 1.165) is 27.1 Å². The number of aliphatic hydroxyl groups is 1. The van der Waals surface area contributed by atoms with Crippen molar-refractivity contribution in [1.82, 2.24) is 9.97 Å². The SMILES string of the molecule is CC(C)[CH2][Al][CH2]C(C)C.OCc1cnc(Cl)cn1. The van der Waals surface area contributed by atoms with Crippen molar-refractivity contribution in [1.29, 1.82) is 0 Å². The predicted molar refractivity (Wildman–Crippen MR) is 78.0 cm³/mol. The molecule has 0 saturated carbocycles. The van der Waals surface area contributed by atoms with Gasteiger partial charge in [-0.2, -0.15) is 0 Å². The van der Waals surface area contributed by atoms with E-state index in [9.17, 15) is 0 Å². The fourth-order valence-electron chi connectivity index (χ4n) is 1.18. The Morgan fingerprint density at radius 3 is 2.00 bits per heavy atom. The summed E-state index contributed by atoms with van der Waals surface area (Å²) in [4.78, 5) is 7.45. The van der Waals surface area contributed by atoms with Crippen LogP contribution in [0.25, 0.3) is 0 Å². The number of aliphatic hydroxyl groups excluding tert-OH is 1. The van der Waals surface area contributed by atoms with E-state index < -0.39 is 0 Å². The molecule has 1 aromatic rings. The van der Waals surface area contributed by atoms with Gasteiger partial charge in [-0.15, -0.1) is 10.6 Å². The van der Waals surface area contributed by atoms with Gasteiger partial charge in [0.25, 0.3) is 0 Å². The van der Waals surface area contributed by atoms with E-state index >= 15 is 0 Å². The Labute approximate surface area is 122 Å². The zero-order valence-electron chi connectivity index (χ0n) is 11.7. The lowest BCUT2D eigenvalue weighted by molar-refractivity contribution is 0.276. The molecule has 0 spiro atoms. The summed E-state index contributed by atoms with van der Waals surface area (Å²) in [6, 6.07) is 0. The van der Waals surface area contributed by atoms with Crippen LogP contribution in [0.5, 0.6) is 0 Å². The Balaban J connectivity index is 0.000000321. The van der Waals surface area contributed by atoms with Crippen molar-refractivity contribution < 1.29 is 5.11 Å². The lowest BCUT2D eigenvalue weighted by Crippen LogP contribution is -1.99. The largest absolute Gasteiger partial charge is 0.390 e. The number of hydrogen-bond acceptors (Lipinski definition) is 3. The molecule has 0 unspecified atom stereocenters. The number of aromatic nitrogens is 2. The van der Waals surface area contributed by atoms with Gasteiger partial charge in [0.05, 0.1) is 24.7 Å². The highest BCUT2D eigenvalue weighted by Gasteiger charge is 1.98. The number of rotatable bonds is 5. The molecule has 1 N–H and O–H groups in total. The zero-order valence-corrected chi connectivity index (χ0v) is 13.6. The van der Waals surface area contributed by atoms with Crippen molar-refractivity contribution in [3.63, 3.8) is 0 Å². The maximum atomic E-state index is 8.48. The van der Waals surface area contributed by atoms with Crippen LogP contribution in [0.15, 0.2) is 12.4 Å². The van der Waals surface area contributed by atoms with E-state index in [1.54, 1.807) is 0 Å². The average Bonchev–Trinajstić information content (AvgIpc) is 2.30. The Hall–Kier alpha value is -0.138. The van der Waals surface area contributed by atoms with Gasteiger partial charge < -0.3 is 5.11 Å². The van der Waals surface area contributed by atoms with Gasteiger partial charge in [0.2, 0.25) is 15.2 Å². The third kappa shape index (κ3) is 11.0. The molecule has 0 aliphatic rings. The number of hydrogen-bond donors (Lipinski definition) is 1. The number of halogens is 1. The van der Waals surface area contributed by atoms with Gasteiger partial charge in [0.15, 0.2) is 0 Å². The highest BCUT2D eigenvalue weighted by molar-refractivity contribution is 6.35. The molecule has 0 aromatic carbocycles. The Kier molecular flexibility index (Phi) is 10.7. The van der Waals surface area contributed by atoms with Gasteiger partial charge in [0.1, 0.15) is 5.15 Å². The minimum atomic E-state index is -0.0931. The molecule has 1 aromatic heterocycles. The molecule has 3 nitrogen and oxygen atoms in total. The van der Waals surface area contributed by atoms with Gasteiger partial charge in [-0.25, -0.2) is 4.98 Å². The van der Waals surface area contributed by atoms with Crippen LogP contribution >= 0.6 is 11.6 Å². The zero-order chi connectivity index (χ0) is 14.0. The van der Waals surface area contributed by atoms with Crippen LogP contribution in [-0.2, 0) is 6.61 Å². The first-order valence-corrected chi connectivity index (χ1v) is 8.35. The van der Waals surface area contributed by atoms with Crippen LogP contribution in [0.2, 0.25) is 15.7 Å². The first-order valence-electron chi connectivity index (χ1n) is 6.34. The van der Waals surface area contributed by atoms with Crippen LogP contribution in [0, 0.1) is 11.8 Å². The second-order valence-electron chi connectivity index (χ2n) is 5.04. The Morgan fingerprint density at radius 2 is 1.67 bits per heavy atom. The lowest BCUT2D eigenvalue weighted by Gasteiger charge is -2.03. The van der Waals surface area contributed by atoms with E-state index in [4.69, 9.17) is 16.7 Å². The molecule has 0 bridgehead atoms. The third-order valence-electron chi connectivity index (χ3n) is 2.11. The monoisotopic (exact) mass is 285 g/mol. The normalized spacial score (nSPS) is 10.2. The minimum Gasteiger partial charge on any atom is -0.390 e. The molecule has 0 aliphatic heterocycles. The molecule has 0 fully saturated rings. The van der Waals surface area contributed by atoms with E-state index in [0.29, 0.717) is 10.8 Å². The first kappa shape index (κ1) is 17.9. The highest BCUT2D eigenvalue weighted by Crippen LogP contribution is 2.05. The van der Waals surface area contributed by atoms with Crippen molar-refractivity contribution in [2.24, 2.45) is 11.8 Å². The second kappa shape index (κ2) is 10.8. The summed E-state index contributed by atoms with van der Waals surface area (Å²) in [6.45, 7) is 9.16. The van der Waals surface area contributed by atoms with Crippen molar-refractivity contribution in [3.8, 4) is 0 Å². The van der Waals surface area contributed by atoms with Gasteiger partial charge in [-0.05, 0) is 0 Å². The van der Waals surface area contributed by atoms with Crippen molar-refractivity contribution in [2.75, 3.05) is 0 Å². The summed E-state index contributed by atoms with van der Waals surface area (Å²) in [5, 5.41) is 11.8. The molecule has 1 radical (unpaired) electrons. The molecule has 0 aliphatic carbocycles. The smallest absolute Gasteiger partial charge is 0.200 e. The standard InChI is InChI=1S/C5H5ClN2O.2C4H9.Al/c6-5-2-7-4(3-9)1-8-5;2*1-4(2)3;/h1-2,9H,3H2;2*4H,1H2,2-3H3;. The van der Waals surface area contributed by atoms with Crippen LogP contribution in [0.3, 0.4) is 0 Å². The summed E-state index contributed by atoms with van der Waals surface area (Å²) >= 11 is 6.17. The number of nitrogens with zero attached hydrogens (tertiary/aromatic N) is 2. The fraction of sp³-hybridized carbons (Fsp3) is 0.692.